The van der Waals surface area contributed by atoms with Gasteiger partial charge in [0, 0.05) is 31.1 Å². The lowest BCUT2D eigenvalue weighted by Gasteiger charge is -2.20. The van der Waals surface area contributed by atoms with Gasteiger partial charge in [0.05, 0.1) is 32.0 Å². The average molecular weight is 887 g/mol. The van der Waals surface area contributed by atoms with Gasteiger partial charge in [0.25, 0.3) is 0 Å². The van der Waals surface area contributed by atoms with E-state index in [0.717, 1.165) is 57.3 Å². The SMILES string of the molecule is CCCCC[C@H](O)/C=C/[C@H]1[C@H](O)CC(=O)[C@@H]1CCCCCCC(=O)OC[C@H](COP(=O)(O)OC[C@@H](O)COP(=O)(O)O)OC(=O)CCCCCCCCCCC(C)CC. The highest BCUT2D eigenvalue weighted by atomic mass is 31.2. The molecule has 0 radical (unpaired) electrons. The summed E-state index contributed by atoms with van der Waals surface area (Å²) in [6.07, 6.45) is 17.0. The Morgan fingerprint density at radius 1 is 0.746 bits per heavy atom. The second-order valence-corrected chi connectivity index (χ2v) is 18.7. The van der Waals surface area contributed by atoms with Crippen molar-refractivity contribution in [2.24, 2.45) is 17.8 Å². The van der Waals surface area contributed by atoms with Gasteiger partial charge in [-0.3, -0.25) is 28.0 Å². The van der Waals surface area contributed by atoms with E-state index in [-0.39, 0.29) is 36.9 Å². The van der Waals surface area contributed by atoms with Gasteiger partial charge in [-0.25, -0.2) is 9.13 Å². The van der Waals surface area contributed by atoms with Crippen LogP contribution < -0.4 is 0 Å². The highest BCUT2D eigenvalue weighted by Crippen LogP contribution is 2.44. The van der Waals surface area contributed by atoms with E-state index in [2.05, 4.69) is 29.8 Å². The van der Waals surface area contributed by atoms with Crippen molar-refractivity contribution in [2.75, 3.05) is 26.4 Å². The van der Waals surface area contributed by atoms with E-state index >= 15 is 0 Å². The van der Waals surface area contributed by atoms with Crippen molar-refractivity contribution in [3.8, 4) is 0 Å². The fraction of sp³-hybridized carbons (Fsp3) is 0.878. The second kappa shape index (κ2) is 32.2. The van der Waals surface area contributed by atoms with Gasteiger partial charge in [0.1, 0.15) is 18.5 Å². The number of hydrogen-bond acceptors (Lipinski definition) is 13. The van der Waals surface area contributed by atoms with Crippen LogP contribution in [-0.2, 0) is 46.6 Å². The normalized spacial score (nSPS) is 20.4. The van der Waals surface area contributed by atoms with Crippen LogP contribution in [0.5, 0.6) is 0 Å². The van der Waals surface area contributed by atoms with Crippen LogP contribution in [0.4, 0.5) is 0 Å². The van der Waals surface area contributed by atoms with Crippen molar-refractivity contribution >= 4 is 33.4 Å². The van der Waals surface area contributed by atoms with Crippen molar-refractivity contribution in [1.29, 1.82) is 0 Å². The van der Waals surface area contributed by atoms with E-state index < -0.39 is 78.4 Å². The third-order valence-corrected chi connectivity index (χ3v) is 12.0. The molecule has 346 valence electrons. The number of rotatable bonds is 37. The number of carbonyl (C=O) groups excluding carboxylic acids is 3. The third-order valence-electron chi connectivity index (χ3n) is 10.6. The van der Waals surface area contributed by atoms with Crippen LogP contribution in [-0.4, -0.2) is 98.6 Å². The molecule has 2 unspecified atom stereocenters. The molecule has 0 aromatic rings. The number of phosphoric acid groups is 2. The summed E-state index contributed by atoms with van der Waals surface area (Å²) in [5.41, 5.74) is 0. The number of Topliss-reactive ketones (excluding diaryl/α,β-unsaturated/α-hetero) is 1. The predicted molar refractivity (Wildman–Crippen MR) is 222 cm³/mol. The van der Waals surface area contributed by atoms with Crippen molar-refractivity contribution in [1.82, 2.24) is 0 Å². The molecule has 16 nitrogen and oxygen atoms in total. The molecule has 1 aliphatic rings. The topological polar surface area (TPSA) is 253 Å². The first-order chi connectivity index (χ1) is 28.0. The number of aliphatic hydroxyl groups is 3. The molecule has 18 heteroatoms. The smallest absolute Gasteiger partial charge is 0.462 e. The molecule has 0 heterocycles. The molecule has 0 aliphatic heterocycles. The summed E-state index contributed by atoms with van der Waals surface area (Å²) in [5, 5.41) is 30.5. The maximum Gasteiger partial charge on any atom is 0.472 e. The van der Waals surface area contributed by atoms with E-state index in [4.69, 9.17) is 23.8 Å². The van der Waals surface area contributed by atoms with Gasteiger partial charge in [-0.2, -0.15) is 0 Å². The van der Waals surface area contributed by atoms with Gasteiger partial charge in [-0.05, 0) is 31.6 Å². The molecule has 1 saturated carbocycles. The zero-order valence-electron chi connectivity index (χ0n) is 35.7. The molecule has 1 aliphatic carbocycles. The Morgan fingerprint density at radius 2 is 1.31 bits per heavy atom. The predicted octanol–water partition coefficient (Wildman–Crippen LogP) is 7.40. The molecule has 6 N–H and O–H groups in total. The number of phosphoric ester groups is 2. The van der Waals surface area contributed by atoms with Crippen molar-refractivity contribution in [3.63, 3.8) is 0 Å². The van der Waals surface area contributed by atoms with E-state index in [1.54, 1.807) is 12.2 Å². The molecule has 0 spiro atoms. The highest BCUT2D eigenvalue weighted by Gasteiger charge is 2.39. The van der Waals surface area contributed by atoms with Crippen LogP contribution in [0.25, 0.3) is 0 Å². The first-order valence-corrected chi connectivity index (χ1v) is 24.9. The number of carbonyl (C=O) groups is 3. The van der Waals surface area contributed by atoms with E-state index in [0.29, 0.717) is 38.5 Å². The largest absolute Gasteiger partial charge is 0.472 e. The van der Waals surface area contributed by atoms with Gasteiger partial charge < -0.3 is 39.5 Å². The standard InChI is InChI=1S/C41H76O16P2/c1-4-6-15-21-33(42)25-26-37-36(38(44)27-39(37)45)22-17-13-14-18-23-40(46)53-30-35(31-56-59(51,52)55-29-34(43)28-54-58(48,49)50)57-41(47)24-19-12-10-8-7-9-11-16-20-32(3)5-2/h25-26,32-37,39,42-43,45H,4-24,27-31H2,1-3H3,(H,51,52)(H2,48,49,50)/b26-25+/t32?,33-,34-,35+,36+,37+,39+/m0/s1. The lowest BCUT2D eigenvalue weighted by Crippen LogP contribution is -2.30. The van der Waals surface area contributed by atoms with E-state index in [1.165, 1.54) is 32.1 Å². The molecule has 1 rings (SSSR count). The number of unbranched alkanes of at least 4 members (excludes halogenated alkanes) is 12. The quantitative estimate of drug-likeness (QED) is 0.0154. The summed E-state index contributed by atoms with van der Waals surface area (Å²) in [5.74, 6) is -1.06. The average Bonchev–Trinajstić information content (AvgIpc) is 3.45. The number of ether oxygens (including phenoxy) is 2. The Morgan fingerprint density at radius 3 is 1.93 bits per heavy atom. The Kier molecular flexibility index (Phi) is 30.2. The Balaban J connectivity index is 2.54. The molecule has 0 saturated heterocycles. The van der Waals surface area contributed by atoms with E-state index in [9.17, 15) is 43.7 Å². The number of hydrogen-bond donors (Lipinski definition) is 6. The van der Waals surface area contributed by atoms with Crippen LogP contribution in [0.1, 0.15) is 162 Å². The zero-order valence-corrected chi connectivity index (χ0v) is 37.5. The van der Waals surface area contributed by atoms with Gasteiger partial charge in [0.2, 0.25) is 0 Å². The number of esters is 2. The molecule has 59 heavy (non-hydrogen) atoms. The van der Waals surface area contributed by atoms with Crippen LogP contribution in [0.15, 0.2) is 12.2 Å². The summed E-state index contributed by atoms with van der Waals surface area (Å²) in [7, 11) is -9.75. The Hall–Kier alpha value is -1.55. The maximum atomic E-state index is 12.7. The van der Waals surface area contributed by atoms with Gasteiger partial charge in [-0.15, -0.1) is 0 Å². The first kappa shape index (κ1) is 55.5. The molecule has 0 aromatic carbocycles. The molecule has 0 amide bonds. The van der Waals surface area contributed by atoms with Gasteiger partial charge in [0.15, 0.2) is 6.10 Å². The monoisotopic (exact) mass is 886 g/mol. The summed E-state index contributed by atoms with van der Waals surface area (Å²) in [4.78, 5) is 65.4. The second-order valence-electron chi connectivity index (χ2n) is 16.0. The molecule has 8 atom stereocenters. The lowest BCUT2D eigenvalue weighted by molar-refractivity contribution is -0.161. The Labute approximate surface area is 352 Å². The molecule has 0 aromatic heterocycles. The van der Waals surface area contributed by atoms with Gasteiger partial charge in [-0.1, -0.05) is 129 Å². The molecule has 1 fully saturated rings. The van der Waals surface area contributed by atoms with Crippen molar-refractivity contribution in [2.45, 2.75) is 186 Å². The van der Waals surface area contributed by atoms with Gasteiger partial charge >= 0.3 is 27.6 Å². The third kappa shape index (κ3) is 29.4. The minimum atomic E-state index is -4.89. The van der Waals surface area contributed by atoms with Crippen LogP contribution in [0, 0.1) is 17.8 Å². The molecule has 0 bridgehead atoms. The summed E-state index contributed by atoms with van der Waals surface area (Å²) in [6, 6.07) is 0. The van der Waals surface area contributed by atoms with E-state index in [1.807, 2.05) is 0 Å². The Bertz CT molecular complexity index is 1280. The molecular weight excluding hydrogens is 810 g/mol. The molecular formula is C41H76O16P2. The zero-order chi connectivity index (χ0) is 44.1. The summed E-state index contributed by atoms with van der Waals surface area (Å²) < 4.78 is 47.7. The minimum absolute atomic E-state index is 0.0125. The highest BCUT2D eigenvalue weighted by molar-refractivity contribution is 7.47. The number of aliphatic hydroxyl groups excluding tert-OH is 3. The summed E-state index contributed by atoms with van der Waals surface area (Å²) in [6.45, 7) is 3.67. The van der Waals surface area contributed by atoms with Crippen LogP contribution in [0.2, 0.25) is 0 Å². The van der Waals surface area contributed by atoms with Crippen molar-refractivity contribution < 1.29 is 76.6 Å². The lowest BCUT2D eigenvalue weighted by atomic mass is 9.88. The van der Waals surface area contributed by atoms with Crippen LogP contribution in [0.3, 0.4) is 0 Å². The minimum Gasteiger partial charge on any atom is -0.462 e. The maximum absolute atomic E-state index is 12.7. The number of ketones is 1. The fourth-order valence-corrected chi connectivity index (χ4v) is 7.96. The first-order valence-electron chi connectivity index (χ1n) is 21.9. The summed E-state index contributed by atoms with van der Waals surface area (Å²) >= 11 is 0. The fourth-order valence-electron chi connectivity index (χ4n) is 6.81. The van der Waals surface area contributed by atoms with Crippen LogP contribution >= 0.6 is 15.6 Å². The van der Waals surface area contributed by atoms with Crippen molar-refractivity contribution in [3.05, 3.63) is 12.2 Å².